The van der Waals surface area contributed by atoms with Crippen molar-refractivity contribution in [1.29, 1.82) is 0 Å². The van der Waals surface area contributed by atoms with Gasteiger partial charge in [0.2, 0.25) is 0 Å². The summed E-state index contributed by atoms with van der Waals surface area (Å²) in [5, 5.41) is 0.0159. The fraction of sp³-hybridized carbons (Fsp3) is 1.00. The summed E-state index contributed by atoms with van der Waals surface area (Å²) in [5.74, 6) is 0. The highest BCUT2D eigenvalue weighted by atomic mass is 31.0. The van der Waals surface area contributed by atoms with Gasteiger partial charge in [0.15, 0.2) is 0 Å². The maximum atomic E-state index is 5.99. The Morgan fingerprint density at radius 2 is 1.92 bits per heavy atom. The van der Waals surface area contributed by atoms with Gasteiger partial charge in [-0.25, -0.2) is 0 Å². The van der Waals surface area contributed by atoms with Crippen LogP contribution in [0.4, 0.5) is 0 Å². The van der Waals surface area contributed by atoms with E-state index in [0.29, 0.717) is 6.10 Å². The molecule has 0 amide bonds. The fourth-order valence-corrected chi connectivity index (χ4v) is 1.84. The van der Waals surface area contributed by atoms with E-state index in [1.807, 2.05) is 0 Å². The topological polar surface area (TPSA) is 9.23 Å². The molecule has 72 valence electrons. The molecule has 0 aliphatic heterocycles. The summed E-state index contributed by atoms with van der Waals surface area (Å²) in [6.45, 7) is 4.34. The highest BCUT2D eigenvalue weighted by Crippen LogP contribution is 2.30. The molecule has 0 aromatic rings. The molecule has 0 saturated heterocycles. The van der Waals surface area contributed by atoms with Crippen LogP contribution in [0, 0.1) is 0 Å². The van der Waals surface area contributed by atoms with Gasteiger partial charge in [0.1, 0.15) is 0 Å². The molecule has 0 aromatic heterocycles. The molecule has 2 atom stereocenters. The lowest BCUT2D eigenvalue weighted by Crippen LogP contribution is -2.28. The lowest BCUT2D eigenvalue weighted by Gasteiger charge is -2.31. The molecule has 0 N–H and O–H groups in total. The van der Waals surface area contributed by atoms with Gasteiger partial charge in [-0.15, -0.1) is 9.24 Å². The Morgan fingerprint density at radius 1 is 1.33 bits per heavy atom. The van der Waals surface area contributed by atoms with Crippen molar-refractivity contribution in [3.05, 3.63) is 0 Å². The Labute approximate surface area is 78.5 Å². The van der Waals surface area contributed by atoms with Crippen LogP contribution in [-0.4, -0.2) is 11.4 Å². The predicted molar refractivity (Wildman–Crippen MR) is 56.4 cm³/mol. The van der Waals surface area contributed by atoms with Gasteiger partial charge in [-0.1, -0.05) is 26.2 Å². The van der Waals surface area contributed by atoms with Crippen molar-refractivity contribution >= 4 is 9.24 Å². The van der Waals surface area contributed by atoms with Gasteiger partial charge in [0.25, 0.3) is 0 Å². The molecule has 0 heterocycles. The van der Waals surface area contributed by atoms with Crippen molar-refractivity contribution in [3.8, 4) is 0 Å². The minimum absolute atomic E-state index is 0.0159. The smallest absolute Gasteiger partial charge is 0.0786 e. The zero-order valence-corrected chi connectivity index (χ0v) is 9.46. The van der Waals surface area contributed by atoms with Crippen LogP contribution >= 0.6 is 9.24 Å². The number of hydrogen-bond donors (Lipinski definition) is 0. The molecule has 1 aliphatic rings. The minimum Gasteiger partial charge on any atom is -0.368 e. The van der Waals surface area contributed by atoms with Gasteiger partial charge in [0, 0.05) is 0 Å². The van der Waals surface area contributed by atoms with E-state index in [4.69, 9.17) is 4.74 Å². The first-order valence-electron chi connectivity index (χ1n) is 5.11. The first-order chi connectivity index (χ1) is 5.64. The third-order valence-corrected chi connectivity index (χ3v) is 3.23. The van der Waals surface area contributed by atoms with Crippen LogP contribution in [0.15, 0.2) is 0 Å². The first kappa shape index (κ1) is 10.5. The molecule has 1 rings (SSSR count). The minimum atomic E-state index is 0.0159. The van der Waals surface area contributed by atoms with Gasteiger partial charge < -0.3 is 4.74 Å². The lowest BCUT2D eigenvalue weighted by atomic mass is 9.97. The van der Waals surface area contributed by atoms with Crippen LogP contribution in [0.3, 0.4) is 0 Å². The Kier molecular flexibility index (Phi) is 3.99. The lowest BCUT2D eigenvalue weighted by molar-refractivity contribution is -0.0434. The van der Waals surface area contributed by atoms with Gasteiger partial charge in [0.05, 0.1) is 11.4 Å². The number of ether oxygens (including phenoxy) is 1. The summed E-state index contributed by atoms with van der Waals surface area (Å²) in [5.41, 5.74) is 0. The summed E-state index contributed by atoms with van der Waals surface area (Å²) < 4.78 is 5.99. The molecule has 0 bridgehead atoms. The van der Waals surface area contributed by atoms with E-state index >= 15 is 0 Å². The van der Waals surface area contributed by atoms with Crippen LogP contribution in [0.1, 0.15) is 52.4 Å². The van der Waals surface area contributed by atoms with Crippen LogP contribution in [0.25, 0.3) is 0 Å². The van der Waals surface area contributed by atoms with E-state index in [-0.39, 0.29) is 5.34 Å². The average Bonchev–Trinajstić information content (AvgIpc) is 2.06. The summed E-state index contributed by atoms with van der Waals surface area (Å²) in [7, 11) is 2.82. The predicted octanol–water partition coefficient (Wildman–Crippen LogP) is 3.34. The summed E-state index contributed by atoms with van der Waals surface area (Å²) >= 11 is 0. The maximum Gasteiger partial charge on any atom is 0.0786 e. The van der Waals surface area contributed by atoms with E-state index in [1.165, 1.54) is 32.1 Å². The van der Waals surface area contributed by atoms with E-state index in [1.54, 1.807) is 0 Å². The Bertz CT molecular complexity index is 128. The average molecular weight is 188 g/mol. The van der Waals surface area contributed by atoms with Crippen LogP contribution in [0.2, 0.25) is 0 Å². The second-order valence-electron chi connectivity index (χ2n) is 4.04. The van der Waals surface area contributed by atoms with Crippen LogP contribution < -0.4 is 0 Å². The Hall–Kier alpha value is 0.390. The highest BCUT2D eigenvalue weighted by molar-refractivity contribution is 7.18. The monoisotopic (exact) mass is 188 g/mol. The Morgan fingerprint density at radius 3 is 2.42 bits per heavy atom. The molecular weight excluding hydrogens is 167 g/mol. The van der Waals surface area contributed by atoms with Gasteiger partial charge >= 0.3 is 0 Å². The zero-order chi connectivity index (χ0) is 9.03. The molecule has 1 fully saturated rings. The van der Waals surface area contributed by atoms with Crippen molar-refractivity contribution in [2.45, 2.75) is 63.8 Å². The Balaban J connectivity index is 2.28. The molecule has 2 heteroatoms. The van der Waals surface area contributed by atoms with Crippen molar-refractivity contribution in [2.24, 2.45) is 0 Å². The normalized spacial score (nSPS) is 25.2. The molecule has 0 spiro atoms. The van der Waals surface area contributed by atoms with E-state index in [9.17, 15) is 0 Å². The summed E-state index contributed by atoms with van der Waals surface area (Å²) in [6.07, 6.45) is 8.26. The SMILES string of the molecule is CC[C@](C)(P)OC1CCCCC1. The van der Waals surface area contributed by atoms with Gasteiger partial charge in [-0.2, -0.15) is 0 Å². The molecule has 1 saturated carbocycles. The van der Waals surface area contributed by atoms with Gasteiger partial charge in [-0.3, -0.25) is 0 Å². The van der Waals surface area contributed by atoms with Crippen molar-refractivity contribution < 1.29 is 4.74 Å². The largest absolute Gasteiger partial charge is 0.368 e. The second kappa shape index (κ2) is 4.58. The quantitative estimate of drug-likeness (QED) is 0.617. The summed E-state index contributed by atoms with van der Waals surface area (Å²) in [4.78, 5) is 0. The maximum absolute atomic E-state index is 5.99. The van der Waals surface area contributed by atoms with E-state index in [0.717, 1.165) is 6.42 Å². The van der Waals surface area contributed by atoms with Crippen molar-refractivity contribution in [3.63, 3.8) is 0 Å². The molecule has 1 unspecified atom stereocenters. The van der Waals surface area contributed by atoms with Crippen LogP contribution in [0.5, 0.6) is 0 Å². The molecule has 0 aromatic carbocycles. The second-order valence-corrected chi connectivity index (χ2v) is 5.27. The molecule has 1 aliphatic carbocycles. The molecule has 12 heavy (non-hydrogen) atoms. The standard InChI is InChI=1S/C10H21OP/c1-3-10(2,12)11-9-7-5-4-6-8-9/h9H,3-8,12H2,1-2H3/t10-/m0/s1. The van der Waals surface area contributed by atoms with Gasteiger partial charge in [-0.05, 0) is 26.2 Å². The van der Waals surface area contributed by atoms with Crippen molar-refractivity contribution in [1.82, 2.24) is 0 Å². The highest BCUT2D eigenvalue weighted by Gasteiger charge is 2.23. The van der Waals surface area contributed by atoms with Crippen LogP contribution in [-0.2, 0) is 4.74 Å². The van der Waals surface area contributed by atoms with Crippen molar-refractivity contribution in [2.75, 3.05) is 0 Å². The molecule has 1 nitrogen and oxygen atoms in total. The molecular formula is C10H21OP. The summed E-state index contributed by atoms with van der Waals surface area (Å²) in [6, 6.07) is 0. The fourth-order valence-electron chi connectivity index (χ4n) is 1.65. The zero-order valence-electron chi connectivity index (χ0n) is 8.31. The van der Waals surface area contributed by atoms with E-state index in [2.05, 4.69) is 23.1 Å². The number of rotatable bonds is 3. The third-order valence-electron chi connectivity index (χ3n) is 2.69. The van der Waals surface area contributed by atoms with E-state index < -0.39 is 0 Å². The third kappa shape index (κ3) is 3.41. The first-order valence-corrected chi connectivity index (χ1v) is 5.68. The number of hydrogen-bond acceptors (Lipinski definition) is 1. The molecule has 0 radical (unpaired) electrons.